The molecule has 1 N–H and O–H groups in total. The third-order valence-corrected chi connectivity index (χ3v) is 8.01. The van der Waals surface area contributed by atoms with Crippen molar-refractivity contribution < 1.29 is 26.4 Å². The van der Waals surface area contributed by atoms with Crippen molar-refractivity contribution >= 4 is 21.6 Å². The summed E-state index contributed by atoms with van der Waals surface area (Å²) in [5.74, 6) is -0.612. The van der Waals surface area contributed by atoms with E-state index in [-0.39, 0.29) is 29.9 Å². The highest BCUT2D eigenvalue weighted by atomic mass is 32.2. The minimum absolute atomic E-state index is 0.0102. The predicted molar refractivity (Wildman–Crippen MR) is 100 cm³/mol. The van der Waals surface area contributed by atoms with Gasteiger partial charge in [-0.15, -0.1) is 0 Å². The lowest BCUT2D eigenvalue weighted by Gasteiger charge is -2.32. The number of hydrogen-bond acceptors (Lipinski definition) is 5. The number of alkyl halides is 3. The van der Waals surface area contributed by atoms with Crippen LogP contribution in [0.25, 0.3) is 0 Å². The molecule has 1 amide bonds. The zero-order valence-electron chi connectivity index (χ0n) is 16.2. The van der Waals surface area contributed by atoms with Crippen molar-refractivity contribution in [2.24, 2.45) is 5.92 Å². The zero-order chi connectivity index (χ0) is 21.0. The highest BCUT2D eigenvalue weighted by Gasteiger charge is 2.47. The van der Waals surface area contributed by atoms with E-state index < -0.39 is 34.0 Å². The summed E-state index contributed by atoms with van der Waals surface area (Å²) in [6.45, 7) is 2.31. The third-order valence-electron chi connectivity index (χ3n) is 6.24. The van der Waals surface area contributed by atoms with Crippen molar-refractivity contribution in [3.63, 3.8) is 0 Å². The average Bonchev–Trinajstić information content (AvgIpc) is 3.35. The molecule has 7 nitrogen and oxygen atoms in total. The SMILES string of the molecule is CC[C@@H]1C[C@H](C(F)(F)F)n2nc(C3CCCN3C(=O)C3CCS(=O)(=O)C3)cc2N1. The third kappa shape index (κ3) is 3.85. The number of fused-ring (bicyclic) bond motifs is 1. The van der Waals surface area contributed by atoms with Crippen LogP contribution in [0.15, 0.2) is 6.07 Å². The Labute approximate surface area is 167 Å². The molecule has 1 aromatic heterocycles. The molecule has 2 saturated heterocycles. The molecular formula is C18H25F3N4O3S. The average molecular weight is 434 g/mol. The lowest BCUT2D eigenvalue weighted by molar-refractivity contribution is -0.173. The molecule has 2 unspecified atom stereocenters. The van der Waals surface area contributed by atoms with Crippen molar-refractivity contribution in [1.29, 1.82) is 0 Å². The summed E-state index contributed by atoms with van der Waals surface area (Å²) in [4.78, 5) is 14.5. The molecule has 0 aliphatic carbocycles. The fraction of sp³-hybridized carbons (Fsp3) is 0.778. The van der Waals surface area contributed by atoms with E-state index >= 15 is 0 Å². The van der Waals surface area contributed by atoms with Crippen LogP contribution in [0.2, 0.25) is 0 Å². The summed E-state index contributed by atoms with van der Waals surface area (Å²) in [5.41, 5.74) is 0.435. The second-order valence-corrected chi connectivity index (χ2v) is 10.5. The molecule has 1 aromatic rings. The molecule has 4 atom stereocenters. The van der Waals surface area contributed by atoms with Crippen molar-refractivity contribution in [1.82, 2.24) is 14.7 Å². The fourth-order valence-corrected chi connectivity index (χ4v) is 6.39. The van der Waals surface area contributed by atoms with Gasteiger partial charge in [-0.05, 0) is 32.1 Å². The lowest BCUT2D eigenvalue weighted by Crippen LogP contribution is -2.39. The van der Waals surface area contributed by atoms with Crippen LogP contribution in [0.1, 0.15) is 56.8 Å². The molecule has 4 heterocycles. The van der Waals surface area contributed by atoms with E-state index in [1.54, 1.807) is 11.0 Å². The molecule has 4 rings (SSSR count). The maximum Gasteiger partial charge on any atom is 0.410 e. The minimum Gasteiger partial charge on any atom is -0.367 e. The van der Waals surface area contributed by atoms with Crippen molar-refractivity contribution in [3.8, 4) is 0 Å². The number of likely N-dealkylation sites (tertiary alicyclic amines) is 1. The first kappa shape index (κ1) is 20.5. The van der Waals surface area contributed by atoms with E-state index in [9.17, 15) is 26.4 Å². The van der Waals surface area contributed by atoms with Crippen LogP contribution in [-0.4, -0.2) is 59.3 Å². The first-order chi connectivity index (χ1) is 13.6. The van der Waals surface area contributed by atoms with Gasteiger partial charge in [0.05, 0.1) is 29.2 Å². The molecule has 2 fully saturated rings. The number of sulfone groups is 1. The summed E-state index contributed by atoms with van der Waals surface area (Å²) in [6.07, 6.45) is -2.29. The van der Waals surface area contributed by atoms with Gasteiger partial charge in [-0.2, -0.15) is 18.3 Å². The van der Waals surface area contributed by atoms with Crippen molar-refractivity contribution in [3.05, 3.63) is 11.8 Å². The van der Waals surface area contributed by atoms with E-state index in [1.807, 2.05) is 6.92 Å². The number of amides is 1. The first-order valence-electron chi connectivity index (χ1n) is 10.0. The highest BCUT2D eigenvalue weighted by molar-refractivity contribution is 7.91. The zero-order valence-corrected chi connectivity index (χ0v) is 17.0. The number of rotatable bonds is 3. The van der Waals surface area contributed by atoms with Crippen LogP contribution in [-0.2, 0) is 14.6 Å². The van der Waals surface area contributed by atoms with Gasteiger partial charge in [0.2, 0.25) is 5.91 Å². The van der Waals surface area contributed by atoms with Gasteiger partial charge in [0.25, 0.3) is 0 Å². The Morgan fingerprint density at radius 1 is 1.34 bits per heavy atom. The molecule has 0 spiro atoms. The maximum atomic E-state index is 13.6. The molecule has 0 aromatic carbocycles. The molecule has 3 aliphatic heterocycles. The molecule has 162 valence electrons. The van der Waals surface area contributed by atoms with Gasteiger partial charge in [-0.25, -0.2) is 13.1 Å². The largest absolute Gasteiger partial charge is 0.410 e. The maximum absolute atomic E-state index is 13.6. The predicted octanol–water partition coefficient (Wildman–Crippen LogP) is 2.68. The Morgan fingerprint density at radius 3 is 2.72 bits per heavy atom. The summed E-state index contributed by atoms with van der Waals surface area (Å²) >= 11 is 0. The van der Waals surface area contributed by atoms with Crippen LogP contribution in [0, 0.1) is 5.92 Å². The molecule has 29 heavy (non-hydrogen) atoms. The van der Waals surface area contributed by atoms with Crippen LogP contribution in [0.4, 0.5) is 19.0 Å². The van der Waals surface area contributed by atoms with E-state index in [0.717, 1.165) is 4.68 Å². The number of nitrogens with one attached hydrogen (secondary N) is 1. The summed E-state index contributed by atoms with van der Waals surface area (Å²) < 4.78 is 65.2. The number of carbonyl (C=O) groups excluding carboxylic acids is 1. The second-order valence-electron chi connectivity index (χ2n) is 8.23. The van der Waals surface area contributed by atoms with Crippen LogP contribution in [0.3, 0.4) is 0 Å². The topological polar surface area (TPSA) is 84.3 Å². The summed E-state index contributed by atoms with van der Waals surface area (Å²) in [5, 5.41) is 7.38. The van der Waals surface area contributed by atoms with E-state index in [1.165, 1.54) is 0 Å². The Kier molecular flexibility index (Phi) is 5.07. The number of hydrogen-bond donors (Lipinski definition) is 1. The van der Waals surface area contributed by atoms with Gasteiger partial charge in [0, 0.05) is 18.7 Å². The Balaban J connectivity index is 1.60. The van der Waals surface area contributed by atoms with Gasteiger partial charge in [0.15, 0.2) is 15.9 Å². The molecule has 3 aliphatic rings. The minimum atomic E-state index is -4.41. The smallest absolute Gasteiger partial charge is 0.367 e. The second kappa shape index (κ2) is 7.17. The quantitative estimate of drug-likeness (QED) is 0.791. The number of carbonyl (C=O) groups is 1. The highest BCUT2D eigenvalue weighted by Crippen LogP contribution is 2.42. The van der Waals surface area contributed by atoms with Gasteiger partial charge >= 0.3 is 6.18 Å². The number of anilines is 1. The Hall–Kier alpha value is -1.78. The molecular weight excluding hydrogens is 409 g/mol. The molecule has 0 radical (unpaired) electrons. The molecule has 11 heteroatoms. The first-order valence-corrected chi connectivity index (χ1v) is 11.8. The number of halogens is 3. The number of aromatic nitrogens is 2. The number of nitrogens with zero attached hydrogens (tertiary/aromatic N) is 3. The normalized spacial score (nSPS) is 31.5. The van der Waals surface area contributed by atoms with Crippen molar-refractivity contribution in [2.75, 3.05) is 23.4 Å². The van der Waals surface area contributed by atoms with E-state index in [0.29, 0.717) is 43.7 Å². The fourth-order valence-electron chi connectivity index (χ4n) is 4.66. The van der Waals surface area contributed by atoms with E-state index in [2.05, 4.69) is 10.4 Å². The van der Waals surface area contributed by atoms with Crippen LogP contribution < -0.4 is 5.32 Å². The standard InChI is InChI=1S/C18H25F3N4O3S/c1-2-12-8-15(18(19,20)21)25-16(22-12)9-13(23-25)14-4-3-6-24(14)17(26)11-5-7-29(27,28)10-11/h9,11-12,14-15,22H,2-8,10H2,1H3/t11?,12-,14?,15-/m1/s1. The lowest BCUT2D eigenvalue weighted by atomic mass is 10.0. The summed E-state index contributed by atoms with van der Waals surface area (Å²) in [6, 6.07) is -0.784. The van der Waals surface area contributed by atoms with Crippen LogP contribution in [0.5, 0.6) is 0 Å². The van der Waals surface area contributed by atoms with Crippen molar-refractivity contribution in [2.45, 2.75) is 63.3 Å². The molecule has 0 bridgehead atoms. The molecule has 0 saturated carbocycles. The van der Waals surface area contributed by atoms with Gasteiger partial charge in [-0.3, -0.25) is 4.79 Å². The van der Waals surface area contributed by atoms with E-state index in [4.69, 9.17) is 0 Å². The van der Waals surface area contributed by atoms with Crippen LogP contribution >= 0.6 is 0 Å². The van der Waals surface area contributed by atoms with Gasteiger partial charge < -0.3 is 10.2 Å². The monoisotopic (exact) mass is 434 g/mol. The Morgan fingerprint density at radius 2 is 2.10 bits per heavy atom. The van der Waals surface area contributed by atoms with Gasteiger partial charge in [0.1, 0.15) is 5.82 Å². The van der Waals surface area contributed by atoms with Gasteiger partial charge in [-0.1, -0.05) is 6.92 Å². The Bertz CT molecular complexity index is 899. The summed E-state index contributed by atoms with van der Waals surface area (Å²) in [7, 11) is -3.19.